The van der Waals surface area contributed by atoms with Crippen LogP contribution < -0.4 is 23.8 Å². The van der Waals surface area contributed by atoms with Gasteiger partial charge < -0.3 is 58.2 Å². The lowest BCUT2D eigenvalue weighted by Crippen LogP contribution is -2.39. The minimum atomic E-state index is -0.903. The van der Waals surface area contributed by atoms with E-state index < -0.39 is 35.6 Å². The number of likely N-dealkylation sites (N-methyl/N-ethyl adjacent to an activating group) is 2. The Balaban J connectivity index is 1.20. The SMILES string of the molecule is COC(=O)c1cc2c3c(cc(OC(=O)N(C)CCN(C)C(=O)OC4/C=C/CCC(C)(C(=O)O)CC4)c2[nH]1)N(C(=O)c1cc2cc(OC)c(OC)c(OC)c2[nH]1)CC3. The first-order valence-corrected chi connectivity index (χ1v) is 18.4. The van der Waals surface area contributed by atoms with Gasteiger partial charge in [0.05, 0.1) is 50.6 Å². The second kappa shape index (κ2) is 16.4. The third-order valence-corrected chi connectivity index (χ3v) is 10.7. The van der Waals surface area contributed by atoms with Gasteiger partial charge in [-0.2, -0.15) is 0 Å². The zero-order chi connectivity index (χ0) is 41.2. The average molecular weight is 790 g/mol. The van der Waals surface area contributed by atoms with Crippen molar-refractivity contribution in [3.8, 4) is 23.0 Å². The molecule has 2 aliphatic rings. The number of nitrogens with one attached hydrogen (secondary N) is 2. The maximum absolute atomic E-state index is 14.2. The normalized spacial score (nSPS) is 18.2. The van der Waals surface area contributed by atoms with Crippen molar-refractivity contribution in [1.82, 2.24) is 19.8 Å². The number of carboxylic acid groups (broad SMARTS) is 1. The number of fused-ring (bicyclic) bond motifs is 4. The zero-order valence-electron chi connectivity index (χ0n) is 33.0. The van der Waals surface area contributed by atoms with Crippen molar-refractivity contribution in [3.05, 3.63) is 53.4 Å². The van der Waals surface area contributed by atoms with E-state index in [4.69, 9.17) is 28.4 Å². The molecule has 0 saturated heterocycles. The number of aliphatic carboxylic acids is 1. The standard InChI is InChI=1S/C40H47N5O12/c1-40(37(48)49)13-9-8-10-23(11-14-40)56-38(50)43(2)16-17-44(3)39(51)57-29-21-28-24(25-20-27(36(47)55-7)42-32(25)29)12-15-45(28)35(46)26-18-22-19-30(52-4)33(53-5)34(54-6)31(22)41-26/h8,10,18-21,23,41-42H,9,11-17H2,1-7H3,(H,48,49)/b10-8+. The van der Waals surface area contributed by atoms with Crippen LogP contribution >= 0.6 is 0 Å². The first-order chi connectivity index (χ1) is 27.2. The van der Waals surface area contributed by atoms with E-state index in [0.29, 0.717) is 83.4 Å². The number of esters is 1. The van der Waals surface area contributed by atoms with Gasteiger partial charge in [-0.3, -0.25) is 9.59 Å². The number of hydrogen-bond acceptors (Lipinski definition) is 11. The van der Waals surface area contributed by atoms with E-state index >= 15 is 0 Å². The van der Waals surface area contributed by atoms with Gasteiger partial charge in [-0.25, -0.2) is 14.4 Å². The van der Waals surface area contributed by atoms with Crippen LogP contribution in [0.4, 0.5) is 15.3 Å². The molecule has 304 valence electrons. The number of anilines is 1. The Morgan fingerprint density at radius 3 is 2.23 bits per heavy atom. The van der Waals surface area contributed by atoms with Gasteiger partial charge in [0.15, 0.2) is 17.2 Å². The van der Waals surface area contributed by atoms with Crippen LogP contribution in [-0.2, 0) is 20.7 Å². The Morgan fingerprint density at radius 2 is 1.56 bits per heavy atom. The number of carbonyl (C=O) groups is 5. The number of allylic oxidation sites excluding steroid dienone is 1. The van der Waals surface area contributed by atoms with Crippen LogP contribution in [-0.4, -0.2) is 123 Å². The molecule has 3 N–H and O–H groups in total. The molecule has 2 aromatic carbocycles. The van der Waals surface area contributed by atoms with E-state index in [1.807, 2.05) is 6.08 Å². The third kappa shape index (κ3) is 7.86. The fraction of sp³-hybridized carbons (Fsp3) is 0.425. The molecule has 2 unspecified atom stereocenters. The highest BCUT2D eigenvalue weighted by Gasteiger charge is 2.35. The van der Waals surface area contributed by atoms with E-state index in [1.54, 1.807) is 42.2 Å². The Bertz CT molecular complexity index is 2260. The molecule has 0 spiro atoms. The van der Waals surface area contributed by atoms with E-state index in [1.165, 1.54) is 52.3 Å². The van der Waals surface area contributed by atoms with Gasteiger partial charge in [-0.1, -0.05) is 6.08 Å². The Kier molecular flexibility index (Phi) is 11.6. The predicted octanol–water partition coefficient (Wildman–Crippen LogP) is 5.75. The molecule has 17 nitrogen and oxygen atoms in total. The molecular formula is C40H47N5O12. The molecule has 4 aromatic rings. The highest BCUT2D eigenvalue weighted by molar-refractivity contribution is 6.12. The number of nitrogens with zero attached hydrogens (tertiary/aromatic N) is 3. The summed E-state index contributed by atoms with van der Waals surface area (Å²) in [5, 5.41) is 10.9. The molecule has 2 aromatic heterocycles. The number of carbonyl (C=O) groups excluding carboxylic acids is 4. The van der Waals surface area contributed by atoms with Gasteiger partial charge in [0, 0.05) is 50.6 Å². The summed E-state index contributed by atoms with van der Waals surface area (Å²) in [7, 11) is 8.79. The lowest BCUT2D eigenvalue weighted by Gasteiger charge is -2.29. The number of carboxylic acids is 1. The van der Waals surface area contributed by atoms with Crippen molar-refractivity contribution < 1.29 is 57.5 Å². The molecule has 57 heavy (non-hydrogen) atoms. The molecule has 1 aliphatic heterocycles. The minimum Gasteiger partial charge on any atom is -0.493 e. The quantitative estimate of drug-likeness (QED) is 0.123. The number of benzene rings is 2. The third-order valence-electron chi connectivity index (χ3n) is 10.7. The predicted molar refractivity (Wildman–Crippen MR) is 208 cm³/mol. The Labute approximate surface area is 328 Å². The molecule has 3 heterocycles. The van der Waals surface area contributed by atoms with Crippen LogP contribution in [0.2, 0.25) is 0 Å². The second-order valence-electron chi connectivity index (χ2n) is 14.3. The summed E-state index contributed by atoms with van der Waals surface area (Å²) < 4.78 is 33.1. The number of hydrogen-bond donors (Lipinski definition) is 3. The lowest BCUT2D eigenvalue weighted by atomic mass is 9.79. The van der Waals surface area contributed by atoms with Crippen molar-refractivity contribution in [2.75, 3.05) is 67.1 Å². The maximum Gasteiger partial charge on any atom is 0.415 e. The molecule has 2 atom stereocenters. The number of aromatic nitrogens is 2. The molecule has 0 radical (unpaired) electrons. The van der Waals surface area contributed by atoms with E-state index in [0.717, 1.165) is 5.56 Å². The molecule has 3 amide bonds. The Morgan fingerprint density at radius 1 is 0.860 bits per heavy atom. The number of aromatic amines is 2. The number of rotatable bonds is 11. The number of methoxy groups -OCH3 is 4. The molecular weight excluding hydrogens is 742 g/mol. The van der Waals surface area contributed by atoms with E-state index in [-0.39, 0.29) is 36.1 Å². The van der Waals surface area contributed by atoms with Crippen molar-refractivity contribution >= 4 is 57.5 Å². The first kappa shape index (κ1) is 40.3. The number of amides is 3. The van der Waals surface area contributed by atoms with Crippen LogP contribution in [0.15, 0.2) is 36.4 Å². The average Bonchev–Trinajstić information content (AvgIpc) is 3.95. The topological polar surface area (TPSA) is 202 Å². The fourth-order valence-corrected chi connectivity index (χ4v) is 7.19. The lowest BCUT2D eigenvalue weighted by molar-refractivity contribution is -0.149. The summed E-state index contributed by atoms with van der Waals surface area (Å²) in [6.45, 7) is 2.16. The Hall–Kier alpha value is -6.39. The van der Waals surface area contributed by atoms with Gasteiger partial charge in [0.1, 0.15) is 17.5 Å². The minimum absolute atomic E-state index is 0.0677. The number of ether oxygens (including phenoxy) is 6. The fourth-order valence-electron chi connectivity index (χ4n) is 7.19. The van der Waals surface area contributed by atoms with Crippen LogP contribution in [0.1, 0.15) is 59.1 Å². The summed E-state index contributed by atoms with van der Waals surface area (Å²) in [6.07, 6.45) is 3.87. The molecule has 6 rings (SSSR count). The number of H-pyrrole nitrogens is 2. The molecule has 1 aliphatic carbocycles. The van der Waals surface area contributed by atoms with Gasteiger partial charge in [-0.05, 0) is 68.9 Å². The van der Waals surface area contributed by atoms with Crippen molar-refractivity contribution in [2.45, 2.75) is 45.1 Å². The van der Waals surface area contributed by atoms with Crippen LogP contribution in [0.5, 0.6) is 23.0 Å². The summed E-state index contributed by atoms with van der Waals surface area (Å²) in [4.78, 5) is 75.4. The van der Waals surface area contributed by atoms with Crippen LogP contribution in [0.3, 0.4) is 0 Å². The first-order valence-electron chi connectivity index (χ1n) is 18.4. The summed E-state index contributed by atoms with van der Waals surface area (Å²) in [6, 6.07) is 6.62. The van der Waals surface area contributed by atoms with Crippen LogP contribution in [0, 0.1) is 5.41 Å². The van der Waals surface area contributed by atoms with E-state index in [2.05, 4.69) is 9.97 Å². The van der Waals surface area contributed by atoms with Crippen molar-refractivity contribution in [2.24, 2.45) is 5.41 Å². The highest BCUT2D eigenvalue weighted by Crippen LogP contribution is 2.45. The molecule has 0 fully saturated rings. The summed E-state index contributed by atoms with van der Waals surface area (Å²) >= 11 is 0. The smallest absolute Gasteiger partial charge is 0.415 e. The highest BCUT2D eigenvalue weighted by atomic mass is 16.6. The van der Waals surface area contributed by atoms with Gasteiger partial charge in [0.2, 0.25) is 5.75 Å². The molecule has 17 heteroatoms. The van der Waals surface area contributed by atoms with Gasteiger partial charge in [0.25, 0.3) is 5.91 Å². The van der Waals surface area contributed by atoms with Gasteiger partial charge >= 0.3 is 24.1 Å². The largest absolute Gasteiger partial charge is 0.493 e. The van der Waals surface area contributed by atoms with Gasteiger partial charge in [-0.15, -0.1) is 0 Å². The zero-order valence-corrected chi connectivity index (χ0v) is 33.0. The molecule has 0 bridgehead atoms. The summed E-state index contributed by atoms with van der Waals surface area (Å²) in [5.74, 6) is -0.622. The summed E-state index contributed by atoms with van der Waals surface area (Å²) in [5.41, 5.74) is 1.66. The maximum atomic E-state index is 14.2. The van der Waals surface area contributed by atoms with E-state index in [9.17, 15) is 29.1 Å². The molecule has 0 saturated carbocycles. The van der Waals surface area contributed by atoms with Crippen molar-refractivity contribution in [1.29, 1.82) is 0 Å². The van der Waals surface area contributed by atoms with Crippen molar-refractivity contribution in [3.63, 3.8) is 0 Å². The van der Waals surface area contributed by atoms with Crippen LogP contribution in [0.25, 0.3) is 21.8 Å². The monoisotopic (exact) mass is 789 g/mol. The second-order valence-corrected chi connectivity index (χ2v) is 14.3.